The van der Waals surface area contributed by atoms with Crippen LogP contribution in [-0.2, 0) is 0 Å². The lowest BCUT2D eigenvalue weighted by atomic mass is 10.2. The maximum absolute atomic E-state index is 13.1. The number of halogens is 1. The van der Waals surface area contributed by atoms with Crippen LogP contribution in [0, 0.1) is 22.9 Å². The average Bonchev–Trinajstić information content (AvgIpc) is 2.48. The van der Waals surface area contributed by atoms with Crippen LogP contribution in [0.15, 0.2) is 42.5 Å². The third-order valence-corrected chi connectivity index (χ3v) is 3.12. The van der Waals surface area contributed by atoms with E-state index < -0.39 is 16.6 Å². The predicted octanol–water partition coefficient (Wildman–Crippen LogP) is 3.17. The summed E-state index contributed by atoms with van der Waals surface area (Å²) in [4.78, 5) is 22.4. The molecule has 2 aromatic rings. The minimum Gasteiger partial charge on any atom is -0.327 e. The fraction of sp³-hybridized carbons (Fsp3) is 0.0667. The second kappa shape index (κ2) is 6.93. The first-order valence-corrected chi connectivity index (χ1v) is 6.90. The number of hydrogen-bond acceptors (Lipinski definition) is 4. The number of nitrogens with one attached hydrogen (secondary N) is 2. The van der Waals surface area contributed by atoms with Gasteiger partial charge in [0.15, 0.2) is 5.11 Å². The molecule has 0 unspecified atom stereocenters. The van der Waals surface area contributed by atoms with Crippen molar-refractivity contribution in [3.63, 3.8) is 0 Å². The summed E-state index contributed by atoms with van der Waals surface area (Å²) in [5.74, 6) is -1.16. The van der Waals surface area contributed by atoms with Crippen molar-refractivity contribution in [1.82, 2.24) is 5.32 Å². The van der Waals surface area contributed by atoms with Gasteiger partial charge in [-0.2, -0.15) is 0 Å². The Kier molecular flexibility index (Phi) is 4.97. The summed E-state index contributed by atoms with van der Waals surface area (Å²) in [5.41, 5.74) is 0.807. The van der Waals surface area contributed by atoms with Gasteiger partial charge in [-0.1, -0.05) is 12.1 Å². The van der Waals surface area contributed by atoms with Crippen molar-refractivity contribution >= 4 is 34.6 Å². The molecule has 0 saturated heterocycles. The Balaban J connectivity index is 2.11. The van der Waals surface area contributed by atoms with Gasteiger partial charge in [0.2, 0.25) is 0 Å². The minimum atomic E-state index is -0.614. The highest BCUT2D eigenvalue weighted by molar-refractivity contribution is 7.80. The number of nitro groups is 1. The molecule has 2 N–H and O–H groups in total. The lowest BCUT2D eigenvalue weighted by molar-refractivity contribution is -0.383. The largest absolute Gasteiger partial charge is 0.327 e. The fourth-order valence-corrected chi connectivity index (χ4v) is 2.06. The maximum Gasteiger partial charge on any atom is 0.292 e. The molecule has 0 aromatic heterocycles. The van der Waals surface area contributed by atoms with Gasteiger partial charge in [-0.25, -0.2) is 4.39 Å². The molecule has 0 radical (unpaired) electrons. The number of aryl methyl sites for hydroxylation is 1. The highest BCUT2D eigenvalue weighted by Gasteiger charge is 2.16. The van der Waals surface area contributed by atoms with Gasteiger partial charge >= 0.3 is 0 Å². The number of anilines is 1. The standard InChI is InChI=1S/C15H12FN3O3S/c1-9-5-6-12(13(7-9)19(21)22)17-15(23)18-14(20)10-3-2-4-11(16)8-10/h2-8H,1H3,(H2,17,18,20,23). The fourth-order valence-electron chi connectivity index (χ4n) is 1.86. The van der Waals surface area contributed by atoms with Crippen LogP contribution in [0.1, 0.15) is 15.9 Å². The van der Waals surface area contributed by atoms with Crippen molar-refractivity contribution < 1.29 is 14.1 Å². The second-order valence-electron chi connectivity index (χ2n) is 4.70. The van der Waals surface area contributed by atoms with Gasteiger partial charge < -0.3 is 5.32 Å². The van der Waals surface area contributed by atoms with E-state index >= 15 is 0 Å². The van der Waals surface area contributed by atoms with E-state index in [4.69, 9.17) is 12.2 Å². The molecule has 23 heavy (non-hydrogen) atoms. The van der Waals surface area contributed by atoms with Gasteiger partial charge in [0, 0.05) is 11.6 Å². The zero-order valence-corrected chi connectivity index (χ0v) is 12.8. The lowest BCUT2D eigenvalue weighted by Gasteiger charge is -2.10. The monoisotopic (exact) mass is 333 g/mol. The summed E-state index contributed by atoms with van der Waals surface area (Å²) in [6, 6.07) is 9.65. The van der Waals surface area contributed by atoms with E-state index in [1.807, 2.05) is 0 Å². The third kappa shape index (κ3) is 4.30. The van der Waals surface area contributed by atoms with Crippen LogP contribution in [0.2, 0.25) is 0 Å². The van der Waals surface area contributed by atoms with Crippen molar-refractivity contribution in [2.45, 2.75) is 6.92 Å². The van der Waals surface area contributed by atoms with E-state index in [1.54, 1.807) is 13.0 Å². The SMILES string of the molecule is Cc1ccc(NC(=S)NC(=O)c2cccc(F)c2)c([N+](=O)[O-])c1. The van der Waals surface area contributed by atoms with Crippen LogP contribution in [0.25, 0.3) is 0 Å². The summed E-state index contributed by atoms with van der Waals surface area (Å²) >= 11 is 4.96. The van der Waals surface area contributed by atoms with Crippen LogP contribution < -0.4 is 10.6 Å². The number of nitrogens with zero attached hydrogens (tertiary/aromatic N) is 1. The molecule has 0 heterocycles. The molecular formula is C15H12FN3O3S. The smallest absolute Gasteiger partial charge is 0.292 e. The third-order valence-electron chi connectivity index (χ3n) is 2.91. The van der Waals surface area contributed by atoms with E-state index in [2.05, 4.69) is 10.6 Å². The normalized spacial score (nSPS) is 10.0. The Labute approximate surface area is 136 Å². The molecule has 0 saturated carbocycles. The van der Waals surface area contributed by atoms with Gasteiger partial charge in [0.1, 0.15) is 11.5 Å². The molecule has 0 fully saturated rings. The molecule has 0 aliphatic heterocycles. The zero-order valence-electron chi connectivity index (χ0n) is 12.0. The van der Waals surface area contributed by atoms with Crippen LogP contribution in [0.5, 0.6) is 0 Å². The molecule has 0 aliphatic rings. The highest BCUT2D eigenvalue weighted by Crippen LogP contribution is 2.25. The maximum atomic E-state index is 13.1. The van der Waals surface area contributed by atoms with Crippen LogP contribution in [-0.4, -0.2) is 15.9 Å². The number of benzene rings is 2. The van der Waals surface area contributed by atoms with E-state index in [1.165, 1.54) is 30.3 Å². The number of carbonyl (C=O) groups excluding carboxylic acids is 1. The Hall–Kier alpha value is -2.87. The Morgan fingerprint density at radius 1 is 1.26 bits per heavy atom. The van der Waals surface area contributed by atoms with E-state index in [0.717, 1.165) is 11.6 Å². The number of rotatable bonds is 3. The quantitative estimate of drug-likeness (QED) is 0.512. The van der Waals surface area contributed by atoms with Crippen molar-refractivity contribution in [3.05, 3.63) is 69.5 Å². The number of thiocarbonyl (C=S) groups is 1. The lowest BCUT2D eigenvalue weighted by Crippen LogP contribution is -2.34. The first-order valence-electron chi connectivity index (χ1n) is 6.50. The first-order chi connectivity index (χ1) is 10.9. The van der Waals surface area contributed by atoms with Gasteiger partial charge in [0.05, 0.1) is 4.92 Å². The first kappa shape index (κ1) is 16.5. The summed E-state index contributed by atoms with van der Waals surface area (Å²) in [5, 5.41) is 15.9. The molecule has 0 bridgehead atoms. The van der Waals surface area contributed by atoms with Crippen LogP contribution in [0.4, 0.5) is 15.8 Å². The number of carbonyl (C=O) groups is 1. The molecule has 2 rings (SSSR count). The van der Waals surface area contributed by atoms with E-state index in [-0.39, 0.29) is 22.1 Å². The minimum absolute atomic E-state index is 0.0903. The second-order valence-corrected chi connectivity index (χ2v) is 5.10. The summed E-state index contributed by atoms with van der Waals surface area (Å²) in [6.45, 7) is 1.72. The Bertz CT molecular complexity index is 795. The van der Waals surface area contributed by atoms with E-state index in [9.17, 15) is 19.3 Å². The molecule has 0 spiro atoms. The van der Waals surface area contributed by atoms with E-state index in [0.29, 0.717) is 0 Å². The average molecular weight is 333 g/mol. The molecule has 118 valence electrons. The van der Waals surface area contributed by atoms with Gasteiger partial charge in [-0.05, 0) is 49.0 Å². The molecule has 8 heteroatoms. The highest BCUT2D eigenvalue weighted by atomic mass is 32.1. The van der Waals surface area contributed by atoms with Gasteiger partial charge in [-0.15, -0.1) is 0 Å². The molecule has 2 aromatic carbocycles. The van der Waals surface area contributed by atoms with Crippen molar-refractivity contribution in [1.29, 1.82) is 0 Å². The summed E-state index contributed by atoms with van der Waals surface area (Å²) < 4.78 is 13.1. The molecule has 6 nitrogen and oxygen atoms in total. The Morgan fingerprint density at radius 2 is 2.00 bits per heavy atom. The van der Waals surface area contributed by atoms with Gasteiger partial charge in [0.25, 0.3) is 11.6 Å². The van der Waals surface area contributed by atoms with Gasteiger partial charge in [-0.3, -0.25) is 20.2 Å². The zero-order chi connectivity index (χ0) is 17.0. The topological polar surface area (TPSA) is 84.3 Å². The Morgan fingerprint density at radius 3 is 2.65 bits per heavy atom. The summed E-state index contributed by atoms with van der Waals surface area (Å²) in [7, 11) is 0. The number of hydrogen-bond donors (Lipinski definition) is 2. The van der Waals surface area contributed by atoms with Crippen LogP contribution in [0.3, 0.4) is 0 Å². The van der Waals surface area contributed by atoms with Crippen molar-refractivity contribution in [2.75, 3.05) is 5.32 Å². The summed E-state index contributed by atoms with van der Waals surface area (Å²) in [6.07, 6.45) is 0. The van der Waals surface area contributed by atoms with Crippen LogP contribution >= 0.6 is 12.2 Å². The molecular weight excluding hydrogens is 321 g/mol. The number of nitro benzene ring substituents is 1. The van der Waals surface area contributed by atoms with Crippen molar-refractivity contribution in [2.24, 2.45) is 0 Å². The molecule has 1 amide bonds. The van der Waals surface area contributed by atoms with Crippen molar-refractivity contribution in [3.8, 4) is 0 Å². The molecule has 0 aliphatic carbocycles. The number of amides is 1. The predicted molar refractivity (Wildman–Crippen MR) is 87.9 cm³/mol. The molecule has 0 atom stereocenters.